The van der Waals surface area contributed by atoms with E-state index in [-0.39, 0.29) is 12.2 Å². The van der Waals surface area contributed by atoms with Crippen LogP contribution in [-0.4, -0.2) is 40.1 Å². The van der Waals surface area contributed by atoms with Crippen LogP contribution in [0.4, 0.5) is 5.69 Å². The van der Waals surface area contributed by atoms with E-state index >= 15 is 0 Å². The number of hydrogen-bond acceptors (Lipinski definition) is 6. The Hall–Kier alpha value is -2.84. The van der Waals surface area contributed by atoms with Gasteiger partial charge in [0.15, 0.2) is 0 Å². The Labute approximate surface area is 171 Å². The maximum Gasteiger partial charge on any atom is 0.306 e. The maximum absolute atomic E-state index is 12.9. The lowest BCUT2D eigenvalue weighted by molar-refractivity contribution is 0.0365. The Morgan fingerprint density at radius 2 is 1.97 bits per heavy atom. The Balaban J connectivity index is 1.91. The number of benzene rings is 2. The third kappa shape index (κ3) is 4.78. The first-order valence-corrected chi connectivity index (χ1v) is 10.7. The van der Waals surface area contributed by atoms with Gasteiger partial charge in [0.25, 0.3) is 0 Å². The molecule has 2 atom stereocenters. The molecule has 0 saturated carbocycles. The lowest BCUT2D eigenvalue weighted by Crippen LogP contribution is -2.32. The zero-order valence-corrected chi connectivity index (χ0v) is 17.4. The number of aliphatic hydroxyl groups excluding tert-OH is 1. The fraction of sp³-hybridized carbons (Fsp3) is 0.286. The van der Waals surface area contributed by atoms with Crippen molar-refractivity contribution in [3.05, 3.63) is 64.4 Å². The third-order valence-electron chi connectivity index (χ3n) is 4.34. The van der Waals surface area contributed by atoms with Gasteiger partial charge < -0.3 is 20.0 Å². The Morgan fingerprint density at radius 1 is 1.21 bits per heavy atom. The lowest BCUT2D eigenvalue weighted by atomic mass is 10.2. The van der Waals surface area contributed by atoms with Gasteiger partial charge in [0.05, 0.1) is 34.4 Å². The number of ether oxygens (including phenoxy) is 1. The highest BCUT2D eigenvalue weighted by Gasteiger charge is 2.12. The molecule has 2 N–H and O–H groups in total. The van der Waals surface area contributed by atoms with Crippen LogP contribution in [0.5, 0.6) is 5.75 Å². The fourth-order valence-electron chi connectivity index (χ4n) is 2.92. The Bertz CT molecular complexity index is 1090. The number of methoxy groups -OCH3 is 1. The zero-order valence-electron chi connectivity index (χ0n) is 16.5. The van der Waals surface area contributed by atoms with E-state index in [0.717, 1.165) is 10.9 Å². The average molecular weight is 416 g/mol. The van der Waals surface area contributed by atoms with Crippen LogP contribution in [0.2, 0.25) is 0 Å². The van der Waals surface area contributed by atoms with Crippen LogP contribution in [0.15, 0.2) is 58.2 Å². The molecule has 8 heteroatoms. The lowest BCUT2D eigenvalue weighted by Gasteiger charge is -2.16. The summed E-state index contributed by atoms with van der Waals surface area (Å²) >= 11 is 0. The first kappa shape index (κ1) is 20.9. The first-order chi connectivity index (χ1) is 13.9. The SMILES string of the molecule is COc1cc(CNc2cc3ccccc3n(OCC(C)O)c2=O)ccc1S(C)=O. The van der Waals surface area contributed by atoms with Gasteiger partial charge >= 0.3 is 5.56 Å². The van der Waals surface area contributed by atoms with Crippen molar-refractivity contribution in [2.75, 3.05) is 25.3 Å². The normalized spacial score (nSPS) is 13.1. The molecule has 0 bridgehead atoms. The predicted molar refractivity (Wildman–Crippen MR) is 114 cm³/mol. The van der Waals surface area contributed by atoms with Crippen molar-refractivity contribution in [1.82, 2.24) is 4.73 Å². The number of nitrogens with zero attached hydrogens (tertiary/aromatic N) is 1. The highest BCUT2D eigenvalue weighted by atomic mass is 32.2. The molecule has 1 aromatic heterocycles. The molecule has 1 heterocycles. The van der Waals surface area contributed by atoms with Crippen LogP contribution in [0.25, 0.3) is 10.9 Å². The van der Waals surface area contributed by atoms with Gasteiger partial charge in [-0.3, -0.25) is 9.00 Å². The van der Waals surface area contributed by atoms with Gasteiger partial charge in [0, 0.05) is 18.2 Å². The number of hydrogen-bond donors (Lipinski definition) is 2. The molecule has 0 aliphatic rings. The van der Waals surface area contributed by atoms with E-state index in [9.17, 15) is 14.1 Å². The minimum Gasteiger partial charge on any atom is -0.495 e. The molecule has 0 saturated heterocycles. The van der Waals surface area contributed by atoms with Gasteiger partial charge in [-0.1, -0.05) is 24.3 Å². The van der Waals surface area contributed by atoms with Crippen molar-refractivity contribution in [3.63, 3.8) is 0 Å². The number of nitrogens with one attached hydrogen (secondary N) is 1. The molecule has 0 fully saturated rings. The second kappa shape index (κ2) is 9.11. The molecule has 0 radical (unpaired) electrons. The summed E-state index contributed by atoms with van der Waals surface area (Å²) in [5.41, 5.74) is 1.53. The second-order valence-electron chi connectivity index (χ2n) is 6.65. The monoisotopic (exact) mass is 416 g/mol. The quantitative estimate of drug-likeness (QED) is 0.585. The van der Waals surface area contributed by atoms with Crippen LogP contribution >= 0.6 is 0 Å². The summed E-state index contributed by atoms with van der Waals surface area (Å²) in [6.07, 6.45) is 0.896. The van der Waals surface area contributed by atoms with Crippen LogP contribution in [0.1, 0.15) is 12.5 Å². The number of aromatic nitrogens is 1. The highest BCUT2D eigenvalue weighted by Crippen LogP contribution is 2.23. The molecule has 2 aromatic carbocycles. The van der Waals surface area contributed by atoms with E-state index in [2.05, 4.69) is 5.32 Å². The van der Waals surface area contributed by atoms with Crippen LogP contribution in [0.3, 0.4) is 0 Å². The van der Waals surface area contributed by atoms with Crippen molar-refractivity contribution < 1.29 is 18.9 Å². The molecule has 29 heavy (non-hydrogen) atoms. The van der Waals surface area contributed by atoms with Gasteiger partial charge in [-0.15, -0.1) is 4.73 Å². The minimum atomic E-state index is -1.15. The molecule has 7 nitrogen and oxygen atoms in total. The summed E-state index contributed by atoms with van der Waals surface area (Å²) in [4.78, 5) is 19.1. The number of fused-ring (bicyclic) bond motifs is 1. The fourth-order valence-corrected chi connectivity index (χ4v) is 3.61. The molecular weight excluding hydrogens is 392 g/mol. The topological polar surface area (TPSA) is 89.8 Å². The molecule has 3 rings (SSSR count). The van der Waals surface area contributed by atoms with E-state index in [0.29, 0.717) is 28.4 Å². The number of anilines is 1. The molecule has 2 unspecified atom stereocenters. The summed E-state index contributed by atoms with van der Waals surface area (Å²) in [7, 11) is 0.379. The maximum atomic E-state index is 12.9. The number of para-hydroxylation sites is 1. The molecule has 154 valence electrons. The number of rotatable bonds is 8. The Morgan fingerprint density at radius 3 is 2.66 bits per heavy atom. The van der Waals surface area contributed by atoms with Crippen molar-refractivity contribution in [1.29, 1.82) is 0 Å². The molecule has 0 spiro atoms. The average Bonchev–Trinajstić information content (AvgIpc) is 2.71. The highest BCUT2D eigenvalue weighted by molar-refractivity contribution is 7.84. The second-order valence-corrected chi connectivity index (χ2v) is 8.00. The van der Waals surface area contributed by atoms with E-state index in [1.807, 2.05) is 24.3 Å². The summed E-state index contributed by atoms with van der Waals surface area (Å²) in [6, 6.07) is 14.5. The smallest absolute Gasteiger partial charge is 0.306 e. The van der Waals surface area contributed by atoms with Gasteiger partial charge in [0.2, 0.25) is 0 Å². The summed E-state index contributed by atoms with van der Waals surface area (Å²) < 4.78 is 18.3. The van der Waals surface area contributed by atoms with Crippen molar-refractivity contribution in [2.45, 2.75) is 24.5 Å². The molecule has 0 aliphatic heterocycles. The van der Waals surface area contributed by atoms with Crippen LogP contribution < -0.4 is 20.5 Å². The Kier molecular flexibility index (Phi) is 6.56. The summed E-state index contributed by atoms with van der Waals surface area (Å²) in [5, 5.41) is 13.5. The first-order valence-electron chi connectivity index (χ1n) is 9.11. The van der Waals surface area contributed by atoms with Crippen molar-refractivity contribution in [3.8, 4) is 5.75 Å². The summed E-state index contributed by atoms with van der Waals surface area (Å²) in [5.74, 6) is 0.543. The van der Waals surface area contributed by atoms with Crippen molar-refractivity contribution in [2.24, 2.45) is 0 Å². The van der Waals surface area contributed by atoms with Crippen LogP contribution in [0, 0.1) is 0 Å². The standard InChI is InChI=1S/C21H24N2O5S/c1-14(24)13-28-23-18-7-5-4-6-16(18)11-17(21(23)25)22-12-15-8-9-20(29(3)26)19(10-15)27-2/h4-11,14,22,24H,12-13H2,1-3H3. The molecular formula is C21H24N2O5S. The van der Waals surface area contributed by atoms with Crippen LogP contribution in [-0.2, 0) is 17.3 Å². The minimum absolute atomic E-state index is 0.000171. The largest absolute Gasteiger partial charge is 0.495 e. The van der Waals surface area contributed by atoms with E-state index in [1.165, 1.54) is 11.8 Å². The van der Waals surface area contributed by atoms with E-state index in [4.69, 9.17) is 9.57 Å². The summed E-state index contributed by atoms with van der Waals surface area (Å²) in [6.45, 7) is 1.97. The number of pyridine rings is 1. The zero-order chi connectivity index (χ0) is 21.0. The van der Waals surface area contributed by atoms with Gasteiger partial charge in [-0.05, 0) is 36.8 Å². The predicted octanol–water partition coefficient (Wildman–Crippen LogP) is 2.17. The van der Waals surface area contributed by atoms with E-state index in [1.54, 1.807) is 37.4 Å². The third-order valence-corrected chi connectivity index (χ3v) is 5.29. The van der Waals surface area contributed by atoms with Gasteiger partial charge in [0.1, 0.15) is 18.0 Å². The molecule has 0 amide bonds. The van der Waals surface area contributed by atoms with Gasteiger partial charge in [-0.2, -0.15) is 0 Å². The van der Waals surface area contributed by atoms with Crippen molar-refractivity contribution >= 4 is 27.4 Å². The number of aliphatic hydroxyl groups is 1. The van der Waals surface area contributed by atoms with E-state index < -0.39 is 16.9 Å². The van der Waals surface area contributed by atoms with Gasteiger partial charge in [-0.25, -0.2) is 0 Å². The molecule has 3 aromatic rings. The molecule has 0 aliphatic carbocycles.